The van der Waals surface area contributed by atoms with Crippen LogP contribution in [0, 0.1) is 0 Å². The van der Waals surface area contributed by atoms with Gasteiger partial charge in [-0.1, -0.05) is 0 Å². The largest absolute Gasteiger partial charge is 0.491 e. The van der Waals surface area contributed by atoms with Gasteiger partial charge in [-0.05, 0) is 37.1 Å². The third-order valence-corrected chi connectivity index (χ3v) is 7.03. The molecule has 0 spiro atoms. The maximum absolute atomic E-state index is 12.8. The number of anilines is 1. The number of aliphatic hydroxyl groups is 1. The normalized spacial score (nSPS) is 22.1. The summed E-state index contributed by atoms with van der Waals surface area (Å²) in [5.74, 6) is 1.29. The van der Waals surface area contributed by atoms with Gasteiger partial charge in [-0.3, -0.25) is 19.2 Å². The topological polar surface area (TPSA) is 123 Å². The molecule has 3 aromatic rings. The molecule has 5 heterocycles. The van der Waals surface area contributed by atoms with Crippen molar-refractivity contribution in [2.75, 3.05) is 45.2 Å². The van der Waals surface area contributed by atoms with Crippen molar-refractivity contribution in [1.29, 1.82) is 0 Å². The third kappa shape index (κ3) is 4.77. The van der Waals surface area contributed by atoms with Gasteiger partial charge in [0, 0.05) is 50.5 Å². The number of carbonyl (C=O) groups is 1. The lowest BCUT2D eigenvalue weighted by Gasteiger charge is -2.33. The second-order valence-corrected chi connectivity index (χ2v) is 9.63. The van der Waals surface area contributed by atoms with E-state index in [9.17, 15) is 9.90 Å². The molecule has 37 heavy (non-hydrogen) atoms. The maximum atomic E-state index is 12.8. The second-order valence-electron chi connectivity index (χ2n) is 9.63. The Kier molecular flexibility index (Phi) is 6.49. The van der Waals surface area contributed by atoms with Crippen LogP contribution in [0.25, 0.3) is 10.9 Å². The summed E-state index contributed by atoms with van der Waals surface area (Å²) in [6, 6.07) is 7.09. The molecule has 194 valence electrons. The molecular formula is C26H30N6O5. The van der Waals surface area contributed by atoms with E-state index in [4.69, 9.17) is 19.2 Å². The number of rotatable bonds is 7. The van der Waals surface area contributed by atoms with Crippen molar-refractivity contribution in [3.05, 3.63) is 47.8 Å². The number of nitrogens with one attached hydrogen (secondary N) is 1. The molecule has 1 amide bonds. The number of benzene rings is 1. The highest BCUT2D eigenvalue weighted by Crippen LogP contribution is 2.37. The summed E-state index contributed by atoms with van der Waals surface area (Å²) in [5.41, 5.74) is 1.19. The Labute approximate surface area is 213 Å². The smallest absolute Gasteiger partial charge is 0.281 e. The number of nitrogens with zero attached hydrogens (tertiary/aromatic N) is 5. The average molecular weight is 507 g/mol. The van der Waals surface area contributed by atoms with E-state index in [1.54, 1.807) is 25.4 Å². The molecule has 2 unspecified atom stereocenters. The number of likely N-dealkylation sites (tertiary alicyclic amines) is 1. The van der Waals surface area contributed by atoms with Crippen LogP contribution in [0.3, 0.4) is 0 Å². The molecule has 0 saturated carbocycles. The first-order valence-corrected chi connectivity index (χ1v) is 12.6. The number of aliphatic hydroxyl groups excluding tert-OH is 1. The molecule has 6 rings (SSSR count). The molecule has 3 aliphatic rings. The lowest BCUT2D eigenvalue weighted by atomic mass is 10.2. The zero-order chi connectivity index (χ0) is 25.4. The van der Waals surface area contributed by atoms with E-state index < -0.39 is 12.0 Å². The SMILES string of the molecule is COc1c(OC[C@@H](O)CN2CC3CCC(C2)O3)ccc2c3n(c(=NC(=O)c4cccnc4)nc12)CCN3. The van der Waals surface area contributed by atoms with Gasteiger partial charge in [0.25, 0.3) is 5.91 Å². The van der Waals surface area contributed by atoms with Crippen LogP contribution in [0.4, 0.5) is 5.82 Å². The number of pyridine rings is 1. The molecule has 0 radical (unpaired) electrons. The molecular weight excluding hydrogens is 476 g/mol. The van der Waals surface area contributed by atoms with Gasteiger partial charge in [0.1, 0.15) is 24.0 Å². The summed E-state index contributed by atoms with van der Waals surface area (Å²) in [6.45, 7) is 3.66. The van der Waals surface area contributed by atoms with Gasteiger partial charge in [0.15, 0.2) is 11.5 Å². The Balaban J connectivity index is 1.27. The van der Waals surface area contributed by atoms with Crippen molar-refractivity contribution in [3.8, 4) is 11.5 Å². The lowest BCUT2D eigenvalue weighted by Crippen LogP contribution is -2.46. The van der Waals surface area contributed by atoms with Crippen molar-refractivity contribution in [2.24, 2.45) is 4.99 Å². The van der Waals surface area contributed by atoms with Gasteiger partial charge in [-0.25, -0.2) is 4.98 Å². The van der Waals surface area contributed by atoms with E-state index in [1.165, 1.54) is 6.20 Å². The van der Waals surface area contributed by atoms with E-state index in [0.717, 1.165) is 37.1 Å². The molecule has 3 aliphatic heterocycles. The summed E-state index contributed by atoms with van der Waals surface area (Å²) in [7, 11) is 1.55. The molecule has 1 aromatic carbocycles. The summed E-state index contributed by atoms with van der Waals surface area (Å²) in [5, 5.41) is 14.9. The van der Waals surface area contributed by atoms with Crippen molar-refractivity contribution in [3.63, 3.8) is 0 Å². The maximum Gasteiger partial charge on any atom is 0.281 e. The summed E-state index contributed by atoms with van der Waals surface area (Å²) in [4.78, 5) is 28.0. The quantitative estimate of drug-likeness (QED) is 0.487. The van der Waals surface area contributed by atoms with Crippen LogP contribution in [0.2, 0.25) is 0 Å². The fourth-order valence-electron chi connectivity index (χ4n) is 5.37. The molecule has 0 aliphatic carbocycles. The van der Waals surface area contributed by atoms with E-state index in [0.29, 0.717) is 42.2 Å². The van der Waals surface area contributed by atoms with Gasteiger partial charge >= 0.3 is 0 Å². The summed E-state index contributed by atoms with van der Waals surface area (Å²) >= 11 is 0. The second kappa shape index (κ2) is 10.1. The number of methoxy groups -OCH3 is 1. The number of fused-ring (bicyclic) bond motifs is 5. The Bertz CT molecular complexity index is 1370. The van der Waals surface area contributed by atoms with Crippen LogP contribution in [0.5, 0.6) is 11.5 Å². The minimum atomic E-state index is -0.661. The minimum Gasteiger partial charge on any atom is -0.491 e. The van der Waals surface area contributed by atoms with E-state index >= 15 is 0 Å². The Morgan fingerprint density at radius 2 is 2.14 bits per heavy atom. The molecule has 2 saturated heterocycles. The molecule has 11 heteroatoms. The third-order valence-electron chi connectivity index (χ3n) is 7.03. The van der Waals surface area contributed by atoms with E-state index in [2.05, 4.69) is 20.2 Å². The number of ether oxygens (including phenoxy) is 3. The highest BCUT2D eigenvalue weighted by atomic mass is 16.5. The van der Waals surface area contributed by atoms with Crippen molar-refractivity contribution < 1.29 is 24.1 Å². The molecule has 3 atom stereocenters. The van der Waals surface area contributed by atoms with Gasteiger partial charge < -0.3 is 24.6 Å². The molecule has 2 aromatic heterocycles. The number of morpholine rings is 1. The standard InChI is InChI=1S/C26H30N6O5/c1-35-23-21(36-15-17(33)12-31-13-18-4-5-19(14-31)37-18)7-6-20-22(23)29-26(32-10-9-28-24(20)32)30-25(34)16-3-2-8-27-11-16/h2-3,6-8,11,17-19,28,33H,4-5,9-10,12-15H2,1H3/t17-,18?,19?/m0/s1. The van der Waals surface area contributed by atoms with E-state index in [-0.39, 0.29) is 24.4 Å². The predicted octanol–water partition coefficient (Wildman–Crippen LogP) is 1.21. The molecule has 2 bridgehead atoms. The van der Waals surface area contributed by atoms with Crippen molar-refractivity contribution in [2.45, 2.75) is 37.7 Å². The number of carbonyl (C=O) groups excluding carboxylic acids is 1. The van der Waals surface area contributed by atoms with Crippen LogP contribution in [-0.4, -0.2) is 88.7 Å². The Morgan fingerprint density at radius 3 is 2.89 bits per heavy atom. The first-order valence-electron chi connectivity index (χ1n) is 12.6. The molecule has 2 N–H and O–H groups in total. The number of β-amino-alcohol motifs (C(OH)–C–C–N with tert-alkyl or cyclic N) is 1. The number of amides is 1. The highest BCUT2D eigenvalue weighted by molar-refractivity contribution is 5.96. The van der Waals surface area contributed by atoms with Crippen LogP contribution in [0.15, 0.2) is 41.7 Å². The molecule has 11 nitrogen and oxygen atoms in total. The zero-order valence-corrected chi connectivity index (χ0v) is 20.7. The zero-order valence-electron chi connectivity index (χ0n) is 20.7. The van der Waals surface area contributed by atoms with Crippen LogP contribution in [-0.2, 0) is 11.3 Å². The lowest BCUT2D eigenvalue weighted by molar-refractivity contribution is -0.0529. The number of hydrogen-bond donors (Lipinski definition) is 2. The van der Waals surface area contributed by atoms with Gasteiger partial charge in [-0.15, -0.1) is 0 Å². The van der Waals surface area contributed by atoms with E-state index in [1.807, 2.05) is 16.7 Å². The molecule has 2 fully saturated rings. The van der Waals surface area contributed by atoms with Crippen LogP contribution < -0.4 is 20.4 Å². The fraction of sp³-hybridized carbons (Fsp3) is 0.462. The first kappa shape index (κ1) is 23.8. The van der Waals surface area contributed by atoms with Gasteiger partial charge in [-0.2, -0.15) is 4.99 Å². The fourth-order valence-corrected chi connectivity index (χ4v) is 5.37. The van der Waals surface area contributed by atoms with Crippen molar-refractivity contribution in [1.82, 2.24) is 19.4 Å². The Hall–Kier alpha value is -3.54. The Morgan fingerprint density at radius 1 is 1.30 bits per heavy atom. The van der Waals surface area contributed by atoms with Gasteiger partial charge in [0.05, 0.1) is 24.9 Å². The summed E-state index contributed by atoms with van der Waals surface area (Å²) < 4.78 is 19.5. The monoisotopic (exact) mass is 506 g/mol. The van der Waals surface area contributed by atoms with Gasteiger partial charge in [0.2, 0.25) is 5.62 Å². The minimum absolute atomic E-state index is 0.114. The highest BCUT2D eigenvalue weighted by Gasteiger charge is 2.34. The summed E-state index contributed by atoms with van der Waals surface area (Å²) in [6.07, 6.45) is 5.16. The average Bonchev–Trinajstić information content (AvgIpc) is 3.54. The van der Waals surface area contributed by atoms with Crippen LogP contribution in [0.1, 0.15) is 23.2 Å². The predicted molar refractivity (Wildman–Crippen MR) is 135 cm³/mol. The van der Waals surface area contributed by atoms with Crippen LogP contribution >= 0.6 is 0 Å². The van der Waals surface area contributed by atoms with Crippen molar-refractivity contribution >= 4 is 22.6 Å². The first-order chi connectivity index (χ1) is 18.1. The number of hydrogen-bond acceptors (Lipinski definition) is 9. The number of aromatic nitrogens is 3.